The molecule has 110 valence electrons. The Hall–Kier alpha value is -2.24. The molecule has 1 aliphatic rings. The number of carbonyl (C=O) groups excluding carboxylic acids is 1. The third-order valence-corrected chi connectivity index (χ3v) is 3.72. The van der Waals surface area contributed by atoms with Crippen LogP contribution in [0.2, 0.25) is 0 Å². The van der Waals surface area contributed by atoms with Crippen LogP contribution in [0.4, 0.5) is 10.4 Å². The van der Waals surface area contributed by atoms with Gasteiger partial charge in [0.15, 0.2) is 0 Å². The summed E-state index contributed by atoms with van der Waals surface area (Å²) in [5, 5.41) is 10.4. The van der Waals surface area contributed by atoms with Gasteiger partial charge in [0.2, 0.25) is 5.89 Å². The number of nitrogens with zero attached hydrogens (tertiary/aromatic N) is 2. The summed E-state index contributed by atoms with van der Waals surface area (Å²) >= 11 is 0. The summed E-state index contributed by atoms with van der Waals surface area (Å²) in [6.45, 7) is 0. The van der Waals surface area contributed by atoms with E-state index < -0.39 is 5.91 Å². The van der Waals surface area contributed by atoms with E-state index in [1.54, 1.807) is 0 Å². The van der Waals surface area contributed by atoms with E-state index in [1.807, 2.05) is 0 Å². The predicted molar refractivity (Wildman–Crippen MR) is 74.5 cm³/mol. The van der Waals surface area contributed by atoms with Crippen LogP contribution >= 0.6 is 0 Å². The topological polar surface area (TPSA) is 68.0 Å². The lowest BCUT2D eigenvalue weighted by atomic mass is 9.89. The molecule has 21 heavy (non-hydrogen) atoms. The number of hydrogen-bond acceptors (Lipinski definition) is 4. The van der Waals surface area contributed by atoms with Gasteiger partial charge in [-0.25, -0.2) is 4.39 Å². The van der Waals surface area contributed by atoms with E-state index in [0.29, 0.717) is 17.4 Å². The van der Waals surface area contributed by atoms with Crippen molar-refractivity contribution in [3.63, 3.8) is 0 Å². The third kappa shape index (κ3) is 3.26. The van der Waals surface area contributed by atoms with Crippen molar-refractivity contribution in [1.82, 2.24) is 10.2 Å². The summed E-state index contributed by atoms with van der Waals surface area (Å²) in [7, 11) is 0. The van der Waals surface area contributed by atoms with Gasteiger partial charge in [-0.15, -0.1) is 5.10 Å². The highest BCUT2D eigenvalue weighted by atomic mass is 19.1. The van der Waals surface area contributed by atoms with Gasteiger partial charge in [-0.2, -0.15) is 0 Å². The molecule has 1 heterocycles. The first-order valence-corrected chi connectivity index (χ1v) is 7.13. The number of aromatic nitrogens is 2. The van der Waals surface area contributed by atoms with Gasteiger partial charge in [0.25, 0.3) is 5.91 Å². The molecule has 0 spiro atoms. The average Bonchev–Trinajstić information content (AvgIpc) is 2.97. The van der Waals surface area contributed by atoms with E-state index >= 15 is 0 Å². The number of hydrogen-bond donors (Lipinski definition) is 1. The van der Waals surface area contributed by atoms with Crippen molar-refractivity contribution in [1.29, 1.82) is 0 Å². The van der Waals surface area contributed by atoms with Gasteiger partial charge in [0.05, 0.1) is 0 Å². The van der Waals surface area contributed by atoms with Gasteiger partial charge in [0.1, 0.15) is 5.82 Å². The molecule has 0 saturated heterocycles. The Balaban J connectivity index is 1.66. The van der Waals surface area contributed by atoms with Gasteiger partial charge in [-0.05, 0) is 37.1 Å². The Labute approximate surface area is 121 Å². The Bertz CT molecular complexity index is 618. The van der Waals surface area contributed by atoms with Gasteiger partial charge in [-0.3, -0.25) is 10.1 Å². The minimum atomic E-state index is -0.395. The fourth-order valence-electron chi connectivity index (χ4n) is 2.57. The highest BCUT2D eigenvalue weighted by Crippen LogP contribution is 2.32. The smallest absolute Gasteiger partial charge is 0.322 e. The Morgan fingerprint density at radius 2 is 1.86 bits per heavy atom. The Morgan fingerprint density at radius 1 is 1.14 bits per heavy atom. The van der Waals surface area contributed by atoms with E-state index in [-0.39, 0.29) is 11.8 Å². The second kappa shape index (κ2) is 6.03. The van der Waals surface area contributed by atoms with Crippen molar-refractivity contribution in [3.8, 4) is 0 Å². The Kier molecular flexibility index (Phi) is 3.94. The summed E-state index contributed by atoms with van der Waals surface area (Å²) in [4.78, 5) is 11.9. The van der Waals surface area contributed by atoms with E-state index in [9.17, 15) is 9.18 Å². The summed E-state index contributed by atoms with van der Waals surface area (Å²) in [6, 6.07) is 5.36. The van der Waals surface area contributed by atoms with E-state index in [1.165, 1.54) is 43.5 Å². The molecular weight excluding hydrogens is 273 g/mol. The molecule has 0 unspecified atom stereocenters. The van der Waals surface area contributed by atoms with Crippen molar-refractivity contribution >= 4 is 11.9 Å². The van der Waals surface area contributed by atoms with Gasteiger partial charge >= 0.3 is 6.01 Å². The standard InChI is InChI=1S/C15H16FN3O2/c16-12-8-6-10(7-9-12)13(20)17-15-19-18-14(21-15)11-4-2-1-3-5-11/h6-9,11H,1-5H2,(H,17,19,20). The number of rotatable bonds is 3. The van der Waals surface area contributed by atoms with Crippen LogP contribution in [0.1, 0.15) is 54.3 Å². The van der Waals surface area contributed by atoms with Crippen molar-refractivity contribution < 1.29 is 13.6 Å². The first-order chi connectivity index (χ1) is 10.2. The van der Waals surface area contributed by atoms with Crippen molar-refractivity contribution in [2.24, 2.45) is 0 Å². The van der Waals surface area contributed by atoms with Crippen LogP contribution in [0.5, 0.6) is 0 Å². The summed E-state index contributed by atoms with van der Waals surface area (Å²) < 4.78 is 18.3. The molecule has 0 atom stereocenters. The summed E-state index contributed by atoms with van der Waals surface area (Å²) in [5.41, 5.74) is 0.341. The maximum atomic E-state index is 12.8. The zero-order chi connectivity index (χ0) is 14.7. The molecule has 0 aliphatic heterocycles. The fraction of sp³-hybridized carbons (Fsp3) is 0.400. The molecule has 1 N–H and O–H groups in total. The summed E-state index contributed by atoms with van der Waals surface area (Å²) in [6.07, 6.45) is 5.69. The Morgan fingerprint density at radius 3 is 2.57 bits per heavy atom. The second-order valence-corrected chi connectivity index (χ2v) is 5.24. The van der Waals surface area contributed by atoms with Gasteiger partial charge in [-0.1, -0.05) is 24.4 Å². The molecule has 1 saturated carbocycles. The minimum absolute atomic E-state index is 0.0879. The minimum Gasteiger partial charge on any atom is -0.408 e. The molecule has 2 aromatic rings. The molecule has 3 rings (SSSR count). The molecule has 1 aromatic heterocycles. The van der Waals surface area contributed by atoms with Crippen LogP contribution in [-0.2, 0) is 0 Å². The van der Waals surface area contributed by atoms with Crippen LogP contribution in [0.25, 0.3) is 0 Å². The highest BCUT2D eigenvalue weighted by molar-refractivity contribution is 6.03. The van der Waals surface area contributed by atoms with Crippen molar-refractivity contribution in [3.05, 3.63) is 41.5 Å². The largest absolute Gasteiger partial charge is 0.408 e. The van der Waals surface area contributed by atoms with Crippen LogP contribution in [0.15, 0.2) is 28.7 Å². The predicted octanol–water partition coefficient (Wildman–Crippen LogP) is 3.51. The lowest BCUT2D eigenvalue weighted by Gasteiger charge is -2.17. The monoisotopic (exact) mass is 289 g/mol. The first-order valence-electron chi connectivity index (χ1n) is 7.13. The number of benzene rings is 1. The normalized spacial score (nSPS) is 15.9. The van der Waals surface area contributed by atoms with Crippen LogP contribution in [0, 0.1) is 5.82 Å². The first kappa shape index (κ1) is 13.7. The van der Waals surface area contributed by atoms with E-state index in [0.717, 1.165) is 12.8 Å². The summed E-state index contributed by atoms with van der Waals surface area (Å²) in [5.74, 6) is 0.101. The maximum Gasteiger partial charge on any atom is 0.322 e. The van der Waals surface area contributed by atoms with Gasteiger partial charge < -0.3 is 4.42 Å². The van der Waals surface area contributed by atoms with E-state index in [4.69, 9.17) is 4.42 Å². The zero-order valence-electron chi connectivity index (χ0n) is 11.5. The van der Waals surface area contributed by atoms with Crippen LogP contribution in [0.3, 0.4) is 0 Å². The number of amides is 1. The lowest BCUT2D eigenvalue weighted by Crippen LogP contribution is -2.12. The third-order valence-electron chi connectivity index (χ3n) is 3.72. The SMILES string of the molecule is O=C(Nc1nnc(C2CCCCC2)o1)c1ccc(F)cc1. The molecule has 1 amide bonds. The van der Waals surface area contributed by atoms with Gasteiger partial charge in [0, 0.05) is 11.5 Å². The lowest BCUT2D eigenvalue weighted by molar-refractivity contribution is 0.102. The molecular formula is C15H16FN3O2. The van der Waals surface area contributed by atoms with Crippen LogP contribution < -0.4 is 5.32 Å². The van der Waals surface area contributed by atoms with Crippen LogP contribution in [-0.4, -0.2) is 16.1 Å². The quantitative estimate of drug-likeness (QED) is 0.938. The fourth-order valence-corrected chi connectivity index (χ4v) is 2.57. The molecule has 5 nitrogen and oxygen atoms in total. The zero-order valence-corrected chi connectivity index (χ0v) is 11.5. The number of halogens is 1. The molecule has 0 radical (unpaired) electrons. The molecule has 0 bridgehead atoms. The number of nitrogens with one attached hydrogen (secondary N) is 1. The number of anilines is 1. The molecule has 1 fully saturated rings. The molecule has 1 aromatic carbocycles. The molecule has 1 aliphatic carbocycles. The average molecular weight is 289 g/mol. The van der Waals surface area contributed by atoms with Crippen molar-refractivity contribution in [2.75, 3.05) is 5.32 Å². The number of carbonyl (C=O) groups is 1. The maximum absolute atomic E-state index is 12.8. The van der Waals surface area contributed by atoms with Crippen molar-refractivity contribution in [2.45, 2.75) is 38.0 Å². The van der Waals surface area contributed by atoms with E-state index in [2.05, 4.69) is 15.5 Å². The highest BCUT2D eigenvalue weighted by Gasteiger charge is 2.21. The second-order valence-electron chi connectivity index (χ2n) is 5.24. The molecule has 6 heteroatoms.